The third-order valence-electron chi connectivity index (χ3n) is 4.01. The second-order valence-electron chi connectivity index (χ2n) is 5.43. The summed E-state index contributed by atoms with van der Waals surface area (Å²) in [6, 6.07) is 13.4. The molecule has 1 amide bonds. The Morgan fingerprint density at radius 2 is 1.96 bits per heavy atom. The fraction of sp³-hybridized carbons (Fsp3) is 0.105. The summed E-state index contributed by atoms with van der Waals surface area (Å²) in [5, 5.41) is 2.03. The summed E-state index contributed by atoms with van der Waals surface area (Å²) in [7, 11) is 1.64. The standard InChI is InChI=1S/C19H14N2O2S/c1-23-13-7-5-12(6-8-13)14-11-24-17-10-16(21-19(22)18(14)17)15-4-2-3-9-20-15/h2-9,11H,10H2,1H3. The van der Waals surface area contributed by atoms with Crippen molar-refractivity contribution in [2.75, 3.05) is 7.11 Å². The number of ether oxygens (including phenoxy) is 1. The van der Waals surface area contributed by atoms with Crippen molar-refractivity contribution in [1.82, 2.24) is 4.98 Å². The van der Waals surface area contributed by atoms with E-state index in [4.69, 9.17) is 4.74 Å². The van der Waals surface area contributed by atoms with Crippen LogP contribution in [0.5, 0.6) is 5.75 Å². The quantitative estimate of drug-likeness (QED) is 0.727. The monoisotopic (exact) mass is 334 g/mol. The zero-order valence-electron chi connectivity index (χ0n) is 13.0. The molecule has 1 aromatic carbocycles. The van der Waals surface area contributed by atoms with E-state index in [9.17, 15) is 4.79 Å². The fourth-order valence-electron chi connectivity index (χ4n) is 2.80. The van der Waals surface area contributed by atoms with Gasteiger partial charge in [-0.25, -0.2) is 4.99 Å². The number of amides is 1. The minimum atomic E-state index is -0.191. The Morgan fingerprint density at radius 3 is 2.67 bits per heavy atom. The molecule has 5 heteroatoms. The predicted molar refractivity (Wildman–Crippen MR) is 95.1 cm³/mol. The number of aromatic nitrogens is 1. The predicted octanol–water partition coefficient (Wildman–Crippen LogP) is 4.00. The first-order chi connectivity index (χ1) is 11.8. The van der Waals surface area contributed by atoms with Crippen LogP contribution < -0.4 is 4.74 Å². The van der Waals surface area contributed by atoms with E-state index in [1.54, 1.807) is 24.6 Å². The number of methoxy groups -OCH3 is 1. The highest BCUT2D eigenvalue weighted by atomic mass is 32.1. The van der Waals surface area contributed by atoms with E-state index in [2.05, 4.69) is 9.98 Å². The minimum absolute atomic E-state index is 0.191. The van der Waals surface area contributed by atoms with Gasteiger partial charge in [0, 0.05) is 23.1 Å². The topological polar surface area (TPSA) is 51.5 Å². The number of fused-ring (bicyclic) bond motifs is 1. The van der Waals surface area contributed by atoms with Gasteiger partial charge in [0.05, 0.1) is 24.1 Å². The lowest BCUT2D eigenvalue weighted by atomic mass is 9.97. The first-order valence-electron chi connectivity index (χ1n) is 7.54. The Bertz CT molecular complexity index is 928. The number of carbonyl (C=O) groups is 1. The number of nitrogens with zero attached hydrogens (tertiary/aromatic N) is 2. The van der Waals surface area contributed by atoms with Crippen LogP contribution in [0.15, 0.2) is 59.0 Å². The van der Waals surface area contributed by atoms with Gasteiger partial charge < -0.3 is 4.74 Å². The molecule has 4 rings (SSSR count). The van der Waals surface area contributed by atoms with Crippen molar-refractivity contribution in [3.63, 3.8) is 0 Å². The highest BCUT2D eigenvalue weighted by Crippen LogP contribution is 2.35. The Labute approximate surface area is 143 Å². The maximum atomic E-state index is 12.6. The molecule has 0 saturated heterocycles. The van der Waals surface area contributed by atoms with Gasteiger partial charge >= 0.3 is 0 Å². The molecule has 0 aliphatic carbocycles. The summed E-state index contributed by atoms with van der Waals surface area (Å²) in [6.45, 7) is 0. The third kappa shape index (κ3) is 2.53. The lowest BCUT2D eigenvalue weighted by Gasteiger charge is -2.12. The minimum Gasteiger partial charge on any atom is -0.497 e. The lowest BCUT2D eigenvalue weighted by Crippen LogP contribution is -2.17. The molecule has 4 nitrogen and oxygen atoms in total. The number of carbonyl (C=O) groups excluding carboxylic acids is 1. The number of hydrogen-bond donors (Lipinski definition) is 0. The molecule has 3 aromatic rings. The van der Waals surface area contributed by atoms with Gasteiger partial charge in [-0.05, 0) is 35.2 Å². The van der Waals surface area contributed by atoms with Crippen LogP contribution in [0.25, 0.3) is 11.1 Å². The molecule has 0 N–H and O–H groups in total. The van der Waals surface area contributed by atoms with E-state index >= 15 is 0 Å². The maximum Gasteiger partial charge on any atom is 0.279 e. The molecule has 2 aromatic heterocycles. The van der Waals surface area contributed by atoms with Gasteiger partial charge in [-0.3, -0.25) is 9.78 Å². The van der Waals surface area contributed by atoms with E-state index in [1.165, 1.54) is 0 Å². The van der Waals surface area contributed by atoms with Crippen molar-refractivity contribution in [3.8, 4) is 16.9 Å². The largest absolute Gasteiger partial charge is 0.497 e. The summed E-state index contributed by atoms with van der Waals surface area (Å²) in [4.78, 5) is 22.2. The molecular formula is C19H14N2O2S. The van der Waals surface area contributed by atoms with E-state index in [0.717, 1.165) is 33.2 Å². The number of benzene rings is 1. The molecule has 1 aliphatic rings. The van der Waals surface area contributed by atoms with Crippen LogP contribution in [0.1, 0.15) is 20.9 Å². The zero-order valence-corrected chi connectivity index (χ0v) is 13.8. The zero-order chi connectivity index (χ0) is 16.5. The molecule has 0 saturated carbocycles. The van der Waals surface area contributed by atoms with Gasteiger partial charge in [0.25, 0.3) is 5.91 Å². The SMILES string of the molecule is COc1ccc(-c2csc3c2C(=O)N=C(c2ccccn2)C3)cc1. The van der Waals surface area contributed by atoms with Gasteiger partial charge in [-0.2, -0.15) is 0 Å². The molecule has 0 spiro atoms. The van der Waals surface area contributed by atoms with Crippen LogP contribution in [-0.4, -0.2) is 23.7 Å². The molecule has 0 bridgehead atoms. The van der Waals surface area contributed by atoms with Crippen LogP contribution in [0, 0.1) is 0 Å². The van der Waals surface area contributed by atoms with Crippen molar-refractivity contribution in [3.05, 3.63) is 70.2 Å². The fourth-order valence-corrected chi connectivity index (χ4v) is 3.85. The normalized spacial score (nSPS) is 13.4. The Morgan fingerprint density at radius 1 is 1.12 bits per heavy atom. The van der Waals surface area contributed by atoms with Crippen LogP contribution in [-0.2, 0) is 6.42 Å². The van der Waals surface area contributed by atoms with Crippen LogP contribution in [0.3, 0.4) is 0 Å². The van der Waals surface area contributed by atoms with Crippen LogP contribution >= 0.6 is 11.3 Å². The van der Waals surface area contributed by atoms with Crippen molar-refractivity contribution in [2.24, 2.45) is 4.99 Å². The first kappa shape index (κ1) is 14.8. The summed E-state index contributed by atoms with van der Waals surface area (Å²) >= 11 is 1.60. The Kier molecular flexibility index (Phi) is 3.70. The van der Waals surface area contributed by atoms with E-state index in [0.29, 0.717) is 12.0 Å². The Balaban J connectivity index is 1.72. The summed E-state index contributed by atoms with van der Waals surface area (Å²) in [5.74, 6) is 0.605. The second kappa shape index (κ2) is 6.02. The van der Waals surface area contributed by atoms with Crippen molar-refractivity contribution in [1.29, 1.82) is 0 Å². The first-order valence-corrected chi connectivity index (χ1v) is 8.42. The van der Waals surface area contributed by atoms with Gasteiger partial charge in [-0.15, -0.1) is 11.3 Å². The number of pyridine rings is 1. The molecule has 118 valence electrons. The van der Waals surface area contributed by atoms with Crippen LogP contribution in [0.2, 0.25) is 0 Å². The van der Waals surface area contributed by atoms with Gasteiger partial charge in [0.15, 0.2) is 0 Å². The maximum absolute atomic E-state index is 12.6. The molecule has 3 heterocycles. The molecule has 1 aliphatic heterocycles. The van der Waals surface area contributed by atoms with Crippen molar-refractivity contribution >= 4 is 23.0 Å². The third-order valence-corrected chi connectivity index (χ3v) is 4.99. The van der Waals surface area contributed by atoms with Crippen molar-refractivity contribution < 1.29 is 9.53 Å². The summed E-state index contributed by atoms with van der Waals surface area (Å²) in [6.07, 6.45) is 2.36. The summed E-state index contributed by atoms with van der Waals surface area (Å²) < 4.78 is 5.19. The number of aliphatic imine (C=N–C) groups is 1. The second-order valence-corrected chi connectivity index (χ2v) is 6.40. The number of hydrogen-bond acceptors (Lipinski definition) is 4. The van der Waals surface area contributed by atoms with E-state index in [1.807, 2.05) is 47.8 Å². The van der Waals surface area contributed by atoms with Crippen LogP contribution in [0.4, 0.5) is 0 Å². The highest BCUT2D eigenvalue weighted by molar-refractivity contribution is 7.11. The van der Waals surface area contributed by atoms with Gasteiger partial charge in [0.2, 0.25) is 0 Å². The molecule has 0 fully saturated rings. The van der Waals surface area contributed by atoms with Crippen molar-refractivity contribution in [2.45, 2.75) is 6.42 Å². The number of thiophene rings is 1. The van der Waals surface area contributed by atoms with Gasteiger partial charge in [0.1, 0.15) is 5.75 Å². The van der Waals surface area contributed by atoms with Gasteiger partial charge in [-0.1, -0.05) is 18.2 Å². The molecule has 24 heavy (non-hydrogen) atoms. The average molecular weight is 334 g/mol. The van der Waals surface area contributed by atoms with E-state index < -0.39 is 0 Å². The molecule has 0 atom stereocenters. The molecular weight excluding hydrogens is 320 g/mol. The average Bonchev–Trinajstić information content (AvgIpc) is 3.07. The number of rotatable bonds is 3. The Hall–Kier alpha value is -2.79. The summed E-state index contributed by atoms with van der Waals surface area (Å²) in [5.41, 5.74) is 4.14. The smallest absolute Gasteiger partial charge is 0.279 e. The molecule has 0 unspecified atom stereocenters. The van der Waals surface area contributed by atoms with E-state index in [-0.39, 0.29) is 5.91 Å². The molecule has 0 radical (unpaired) electrons. The lowest BCUT2D eigenvalue weighted by molar-refractivity contribution is 0.100. The highest BCUT2D eigenvalue weighted by Gasteiger charge is 2.26.